The van der Waals surface area contributed by atoms with E-state index in [1.165, 1.54) is 244 Å². The largest absolute Gasteiger partial charge is 0.394 e. The minimum absolute atomic E-state index is 0.267. The van der Waals surface area contributed by atoms with E-state index in [2.05, 4.69) is 19.2 Å². The fourth-order valence-corrected chi connectivity index (χ4v) is 10.7. The fourth-order valence-electron chi connectivity index (χ4n) is 10.7. The van der Waals surface area contributed by atoms with Gasteiger partial charge in [-0.1, -0.05) is 309 Å². The van der Waals surface area contributed by atoms with Crippen molar-refractivity contribution in [2.24, 2.45) is 0 Å². The van der Waals surface area contributed by atoms with Gasteiger partial charge in [-0.25, -0.2) is 0 Å². The highest BCUT2D eigenvalue weighted by Crippen LogP contribution is 2.24. The van der Waals surface area contributed by atoms with Gasteiger partial charge < -0.3 is 50.5 Å². The van der Waals surface area contributed by atoms with E-state index in [9.17, 15) is 40.5 Å². The minimum Gasteiger partial charge on any atom is -0.394 e. The molecule has 0 aromatic heterocycles. The molecule has 0 aliphatic carbocycles. The van der Waals surface area contributed by atoms with E-state index >= 15 is 0 Å². The van der Waals surface area contributed by atoms with Gasteiger partial charge in [-0.15, -0.1) is 0 Å². The number of hydrogen-bond acceptors (Lipinski definition) is 10. The van der Waals surface area contributed by atoms with Crippen LogP contribution in [0.15, 0.2) is 0 Å². The van der Waals surface area contributed by atoms with E-state index in [0.29, 0.717) is 19.3 Å². The Morgan fingerprint density at radius 2 is 0.712 bits per heavy atom. The molecule has 0 aromatic rings. The van der Waals surface area contributed by atoms with Crippen molar-refractivity contribution in [3.05, 3.63) is 0 Å². The summed E-state index contributed by atoms with van der Waals surface area (Å²) in [6, 6.07) is -1.16. The second-order valence-electron chi connectivity index (χ2n) is 22.9. The average Bonchev–Trinajstić information content (AvgIpc) is 3.39. The van der Waals surface area contributed by atoms with Crippen molar-refractivity contribution in [3.63, 3.8) is 0 Å². The van der Waals surface area contributed by atoms with Crippen molar-refractivity contribution in [1.82, 2.24) is 5.32 Å². The lowest BCUT2D eigenvalue weighted by atomic mass is 9.98. The van der Waals surface area contributed by atoms with E-state index in [-0.39, 0.29) is 6.42 Å². The van der Waals surface area contributed by atoms with E-state index in [0.717, 1.165) is 38.5 Å². The molecule has 1 rings (SSSR count). The molecule has 8 N–H and O–H groups in total. The molecular formula is C62H123NO10. The predicted octanol–water partition coefficient (Wildman–Crippen LogP) is 14.1. The van der Waals surface area contributed by atoms with Crippen molar-refractivity contribution < 1.29 is 50.0 Å². The predicted molar refractivity (Wildman–Crippen MR) is 303 cm³/mol. The number of carbonyl (C=O) groups is 1. The van der Waals surface area contributed by atoms with E-state index < -0.39 is 74.2 Å². The van der Waals surface area contributed by atoms with Crippen LogP contribution in [0, 0.1) is 0 Å². The topological polar surface area (TPSA) is 189 Å². The Bertz CT molecular complexity index is 1150. The molecule has 1 amide bonds. The van der Waals surface area contributed by atoms with Crippen molar-refractivity contribution in [3.8, 4) is 0 Å². The molecule has 11 heteroatoms. The lowest BCUT2D eigenvalue weighted by Gasteiger charge is -2.40. The van der Waals surface area contributed by atoms with Crippen LogP contribution >= 0.6 is 0 Å². The molecule has 0 spiro atoms. The lowest BCUT2D eigenvalue weighted by molar-refractivity contribution is -0.303. The third kappa shape index (κ3) is 40.0. The van der Waals surface area contributed by atoms with Crippen molar-refractivity contribution >= 4 is 5.91 Å². The van der Waals surface area contributed by atoms with Crippen molar-refractivity contribution in [2.75, 3.05) is 13.2 Å². The van der Waals surface area contributed by atoms with E-state index in [4.69, 9.17) is 9.47 Å². The average molecular weight is 1040 g/mol. The molecular weight excluding hydrogens is 919 g/mol. The Hall–Kier alpha value is -0.890. The van der Waals surface area contributed by atoms with Crippen LogP contribution in [0.1, 0.15) is 322 Å². The molecule has 11 nitrogen and oxygen atoms in total. The van der Waals surface area contributed by atoms with Crippen LogP contribution in [0.4, 0.5) is 0 Å². The number of aliphatic hydroxyl groups is 7. The summed E-state index contributed by atoms with van der Waals surface area (Å²) in [6.45, 7) is 3.46. The minimum atomic E-state index is -1.66. The first-order chi connectivity index (χ1) is 35.7. The fraction of sp³-hybridized carbons (Fsp3) is 0.984. The molecule has 1 heterocycles. The standard InChI is InChI=1S/C62H123NO10/c1-3-5-7-9-11-13-15-16-17-18-19-20-21-22-23-24-25-26-27-28-29-30-31-32-33-34-35-36-37-38-39-40-42-44-46-48-50-55(66)61(71)63-53(52-72-62-60(70)59(69)58(68)56(51-64)73-62)57(67)54(65)49-47-45-43-41-14-12-10-8-6-4-2/h53-60,62,64-70H,3-52H2,1-2H3,(H,63,71). The number of hydrogen-bond donors (Lipinski definition) is 8. The summed E-state index contributed by atoms with van der Waals surface area (Å²) in [5.41, 5.74) is 0. The van der Waals surface area contributed by atoms with Crippen molar-refractivity contribution in [2.45, 2.75) is 377 Å². The normalized spacial score (nSPS) is 19.8. The summed E-state index contributed by atoms with van der Waals surface area (Å²) in [7, 11) is 0. The zero-order valence-corrected chi connectivity index (χ0v) is 47.9. The van der Waals surface area contributed by atoms with Gasteiger partial charge in [0.1, 0.15) is 36.6 Å². The molecule has 9 atom stereocenters. The summed E-state index contributed by atoms with van der Waals surface area (Å²) in [5, 5.41) is 75.9. The maximum atomic E-state index is 13.2. The van der Waals surface area contributed by atoms with Gasteiger partial charge in [0.05, 0.1) is 25.4 Å². The molecule has 9 unspecified atom stereocenters. The maximum absolute atomic E-state index is 13.2. The van der Waals surface area contributed by atoms with Crippen LogP contribution in [-0.4, -0.2) is 110 Å². The Labute approximate surface area is 449 Å². The number of aliphatic hydroxyl groups excluding tert-OH is 7. The molecule has 73 heavy (non-hydrogen) atoms. The number of carbonyl (C=O) groups excluding carboxylic acids is 1. The zero-order chi connectivity index (χ0) is 53.3. The Morgan fingerprint density at radius 1 is 0.425 bits per heavy atom. The Kier molecular flexibility index (Phi) is 49.8. The van der Waals surface area contributed by atoms with Gasteiger partial charge in [-0.3, -0.25) is 4.79 Å². The van der Waals surface area contributed by atoms with Crippen LogP contribution in [0.5, 0.6) is 0 Å². The second kappa shape index (κ2) is 51.8. The van der Waals surface area contributed by atoms with Gasteiger partial charge in [0.25, 0.3) is 0 Å². The van der Waals surface area contributed by atoms with Gasteiger partial charge in [0, 0.05) is 0 Å². The molecule has 0 aromatic carbocycles. The smallest absolute Gasteiger partial charge is 0.249 e. The molecule has 0 bridgehead atoms. The molecule has 1 aliphatic rings. The number of rotatable bonds is 56. The van der Waals surface area contributed by atoms with Crippen LogP contribution in [0.3, 0.4) is 0 Å². The molecule has 1 aliphatic heterocycles. The molecule has 0 radical (unpaired) electrons. The van der Waals surface area contributed by atoms with Gasteiger partial charge in [-0.05, 0) is 12.8 Å². The Morgan fingerprint density at radius 3 is 1.01 bits per heavy atom. The highest BCUT2D eigenvalue weighted by molar-refractivity contribution is 5.80. The molecule has 1 saturated heterocycles. The maximum Gasteiger partial charge on any atom is 0.249 e. The summed E-state index contributed by atoms with van der Waals surface area (Å²) in [6.07, 6.45) is 49.3. The van der Waals surface area contributed by atoms with Crippen LogP contribution in [-0.2, 0) is 14.3 Å². The number of amides is 1. The van der Waals surface area contributed by atoms with E-state index in [1.54, 1.807) is 0 Å². The summed E-state index contributed by atoms with van der Waals surface area (Å²) in [4.78, 5) is 13.2. The lowest BCUT2D eigenvalue weighted by Crippen LogP contribution is -2.60. The Balaban J connectivity index is 2.07. The van der Waals surface area contributed by atoms with Gasteiger partial charge in [-0.2, -0.15) is 0 Å². The number of ether oxygens (including phenoxy) is 2. The van der Waals surface area contributed by atoms with Crippen LogP contribution in [0.2, 0.25) is 0 Å². The SMILES string of the molecule is CCCCCCCCCCCCCCCCCCCCCCCCCCCCCCCCCCCCCCC(O)C(=O)NC(COC1OC(CO)C(O)C(O)C1O)C(O)C(O)CCCCCCCCCCCC. The second-order valence-corrected chi connectivity index (χ2v) is 22.9. The molecule has 436 valence electrons. The molecule has 0 saturated carbocycles. The zero-order valence-electron chi connectivity index (χ0n) is 47.9. The van der Waals surface area contributed by atoms with Gasteiger partial charge >= 0.3 is 0 Å². The number of unbranched alkanes of at least 4 members (excludes halogenated alkanes) is 44. The van der Waals surface area contributed by atoms with Crippen LogP contribution < -0.4 is 5.32 Å². The highest BCUT2D eigenvalue weighted by atomic mass is 16.7. The van der Waals surface area contributed by atoms with Gasteiger partial charge in [0.2, 0.25) is 5.91 Å². The molecule has 1 fully saturated rings. The third-order valence-corrected chi connectivity index (χ3v) is 15.9. The van der Waals surface area contributed by atoms with Gasteiger partial charge in [0.15, 0.2) is 6.29 Å². The monoisotopic (exact) mass is 1040 g/mol. The van der Waals surface area contributed by atoms with Crippen LogP contribution in [0.25, 0.3) is 0 Å². The summed E-state index contributed by atoms with van der Waals surface area (Å²) in [5.74, 6) is -0.691. The highest BCUT2D eigenvalue weighted by Gasteiger charge is 2.44. The summed E-state index contributed by atoms with van der Waals surface area (Å²) >= 11 is 0. The summed E-state index contributed by atoms with van der Waals surface area (Å²) < 4.78 is 11.1. The number of nitrogens with one attached hydrogen (secondary N) is 1. The third-order valence-electron chi connectivity index (χ3n) is 15.9. The first kappa shape index (κ1) is 70.1. The quantitative estimate of drug-likeness (QED) is 0.0272. The van der Waals surface area contributed by atoms with Crippen molar-refractivity contribution in [1.29, 1.82) is 0 Å². The first-order valence-corrected chi connectivity index (χ1v) is 31.9. The first-order valence-electron chi connectivity index (χ1n) is 31.9. The van der Waals surface area contributed by atoms with E-state index in [1.807, 2.05) is 0 Å².